The summed E-state index contributed by atoms with van der Waals surface area (Å²) in [5.74, 6) is -0.579. The SMILES string of the molecule is Nc1ccccc1NC(=O)CC1SC(Nc2ccccc2)=NC1=O. The van der Waals surface area contributed by atoms with Gasteiger partial charge in [-0.15, -0.1) is 0 Å². The maximum absolute atomic E-state index is 12.1. The summed E-state index contributed by atoms with van der Waals surface area (Å²) in [4.78, 5) is 28.1. The molecule has 0 radical (unpaired) electrons. The van der Waals surface area contributed by atoms with Crippen molar-refractivity contribution >= 4 is 45.8 Å². The first-order valence-corrected chi connectivity index (χ1v) is 8.25. The molecule has 2 amide bonds. The van der Waals surface area contributed by atoms with Gasteiger partial charge in [0.15, 0.2) is 5.17 Å². The third-order valence-corrected chi connectivity index (χ3v) is 4.44. The predicted molar refractivity (Wildman–Crippen MR) is 98.0 cm³/mol. The van der Waals surface area contributed by atoms with E-state index in [4.69, 9.17) is 5.73 Å². The van der Waals surface area contributed by atoms with Crippen LogP contribution in [0.5, 0.6) is 0 Å². The van der Waals surface area contributed by atoms with Crippen molar-refractivity contribution in [2.24, 2.45) is 4.99 Å². The van der Waals surface area contributed by atoms with Crippen LogP contribution in [-0.4, -0.2) is 22.2 Å². The summed E-state index contributed by atoms with van der Waals surface area (Å²) in [5, 5.41) is 5.77. The van der Waals surface area contributed by atoms with E-state index in [-0.39, 0.29) is 18.2 Å². The zero-order valence-electron chi connectivity index (χ0n) is 12.7. The van der Waals surface area contributed by atoms with Gasteiger partial charge in [0, 0.05) is 12.1 Å². The van der Waals surface area contributed by atoms with E-state index < -0.39 is 5.25 Å². The normalized spacial score (nSPS) is 16.6. The average molecular weight is 340 g/mol. The minimum absolute atomic E-state index is 0.0430. The average Bonchev–Trinajstić information content (AvgIpc) is 2.90. The number of hydrogen-bond donors (Lipinski definition) is 3. The number of nitrogens with one attached hydrogen (secondary N) is 2. The lowest BCUT2D eigenvalue weighted by molar-refractivity contribution is -0.121. The van der Waals surface area contributed by atoms with Crippen molar-refractivity contribution in [3.8, 4) is 0 Å². The van der Waals surface area contributed by atoms with Gasteiger partial charge in [-0.1, -0.05) is 42.1 Å². The molecule has 4 N–H and O–H groups in total. The van der Waals surface area contributed by atoms with Crippen molar-refractivity contribution in [2.75, 3.05) is 16.4 Å². The highest BCUT2D eigenvalue weighted by Crippen LogP contribution is 2.27. The smallest absolute Gasteiger partial charge is 0.262 e. The van der Waals surface area contributed by atoms with Crippen LogP contribution in [0.15, 0.2) is 59.6 Å². The van der Waals surface area contributed by atoms with Gasteiger partial charge in [-0.2, -0.15) is 4.99 Å². The largest absolute Gasteiger partial charge is 0.397 e. The number of nitrogens with two attached hydrogens (primary N) is 1. The summed E-state index contributed by atoms with van der Waals surface area (Å²) in [6.07, 6.45) is 0.0430. The van der Waals surface area contributed by atoms with Crippen molar-refractivity contribution in [2.45, 2.75) is 11.7 Å². The zero-order chi connectivity index (χ0) is 16.9. The van der Waals surface area contributed by atoms with Crippen LogP contribution in [0.2, 0.25) is 0 Å². The highest BCUT2D eigenvalue weighted by atomic mass is 32.2. The maximum atomic E-state index is 12.1. The third-order valence-electron chi connectivity index (χ3n) is 3.37. The van der Waals surface area contributed by atoms with Crippen LogP contribution in [-0.2, 0) is 9.59 Å². The number of anilines is 3. The monoisotopic (exact) mass is 340 g/mol. The van der Waals surface area contributed by atoms with E-state index in [0.717, 1.165) is 5.69 Å². The third kappa shape index (κ3) is 3.94. The Morgan fingerprint density at radius 1 is 1.12 bits per heavy atom. The number of amides is 2. The number of nitrogens with zero attached hydrogens (tertiary/aromatic N) is 1. The molecule has 0 aliphatic carbocycles. The van der Waals surface area contributed by atoms with E-state index >= 15 is 0 Å². The van der Waals surface area contributed by atoms with E-state index in [1.165, 1.54) is 11.8 Å². The topological polar surface area (TPSA) is 96.6 Å². The molecule has 1 atom stereocenters. The highest BCUT2D eigenvalue weighted by Gasteiger charge is 2.30. The first-order valence-electron chi connectivity index (χ1n) is 7.37. The lowest BCUT2D eigenvalue weighted by Crippen LogP contribution is -2.22. The second-order valence-electron chi connectivity index (χ2n) is 5.19. The number of hydrogen-bond acceptors (Lipinski definition) is 5. The van der Waals surface area contributed by atoms with Crippen molar-refractivity contribution in [3.05, 3.63) is 54.6 Å². The van der Waals surface area contributed by atoms with Gasteiger partial charge in [0.05, 0.1) is 11.4 Å². The highest BCUT2D eigenvalue weighted by molar-refractivity contribution is 8.15. The molecular weight excluding hydrogens is 324 g/mol. The van der Waals surface area contributed by atoms with Crippen LogP contribution < -0.4 is 16.4 Å². The lowest BCUT2D eigenvalue weighted by Gasteiger charge is -2.10. The van der Waals surface area contributed by atoms with E-state index in [1.54, 1.807) is 24.3 Å². The molecule has 0 saturated heterocycles. The van der Waals surface area contributed by atoms with Gasteiger partial charge in [-0.3, -0.25) is 9.59 Å². The van der Waals surface area contributed by atoms with Crippen molar-refractivity contribution in [1.82, 2.24) is 0 Å². The molecule has 7 heteroatoms. The Morgan fingerprint density at radius 3 is 2.58 bits per heavy atom. The van der Waals surface area contributed by atoms with Gasteiger partial charge >= 0.3 is 0 Å². The number of benzene rings is 2. The Kier molecular flexibility index (Phi) is 4.81. The van der Waals surface area contributed by atoms with Crippen LogP contribution in [0.4, 0.5) is 17.1 Å². The van der Waals surface area contributed by atoms with E-state index in [9.17, 15) is 9.59 Å². The molecule has 122 valence electrons. The molecular formula is C17H16N4O2S. The van der Waals surface area contributed by atoms with Gasteiger partial charge in [-0.25, -0.2) is 0 Å². The number of carbonyl (C=O) groups excluding carboxylic acids is 2. The Labute approximate surface area is 143 Å². The maximum Gasteiger partial charge on any atom is 0.262 e. The standard InChI is InChI=1S/C17H16N4O2S/c18-12-8-4-5-9-13(12)20-15(22)10-14-16(23)21-17(24-14)19-11-6-2-1-3-7-11/h1-9,14H,10,18H2,(H,20,22)(H,19,21,23). The van der Waals surface area contributed by atoms with Crippen molar-refractivity contribution in [1.29, 1.82) is 0 Å². The molecule has 24 heavy (non-hydrogen) atoms. The molecule has 1 aliphatic heterocycles. The number of rotatable bonds is 4. The van der Waals surface area contributed by atoms with E-state index in [1.807, 2.05) is 30.3 Å². The van der Waals surface area contributed by atoms with Crippen LogP contribution in [0, 0.1) is 0 Å². The van der Waals surface area contributed by atoms with Gasteiger partial charge in [0.25, 0.3) is 5.91 Å². The van der Waals surface area contributed by atoms with Crippen LogP contribution >= 0.6 is 11.8 Å². The summed E-state index contributed by atoms with van der Waals surface area (Å²) >= 11 is 1.25. The molecule has 0 aromatic heterocycles. The molecule has 0 fully saturated rings. The number of amidine groups is 1. The summed E-state index contributed by atoms with van der Waals surface area (Å²) in [6.45, 7) is 0. The van der Waals surface area contributed by atoms with Gasteiger partial charge in [0.1, 0.15) is 5.25 Å². The van der Waals surface area contributed by atoms with Crippen molar-refractivity contribution in [3.63, 3.8) is 0 Å². The molecule has 0 saturated carbocycles. The minimum atomic E-state index is -0.527. The van der Waals surface area contributed by atoms with E-state index in [2.05, 4.69) is 15.6 Å². The Morgan fingerprint density at radius 2 is 1.83 bits per heavy atom. The van der Waals surface area contributed by atoms with Crippen LogP contribution in [0.3, 0.4) is 0 Å². The molecule has 1 heterocycles. The second-order valence-corrected chi connectivity index (χ2v) is 6.38. The summed E-state index contributed by atoms with van der Waals surface area (Å²) in [6, 6.07) is 16.4. The van der Waals surface area contributed by atoms with Crippen LogP contribution in [0.25, 0.3) is 0 Å². The summed E-state index contributed by atoms with van der Waals surface area (Å²) in [5.41, 5.74) is 7.67. The number of nitrogen functional groups attached to an aromatic ring is 1. The Balaban J connectivity index is 1.56. The molecule has 0 spiro atoms. The second kappa shape index (κ2) is 7.18. The lowest BCUT2D eigenvalue weighted by atomic mass is 10.2. The Bertz CT molecular complexity index is 792. The summed E-state index contributed by atoms with van der Waals surface area (Å²) in [7, 11) is 0. The molecule has 1 aliphatic rings. The summed E-state index contributed by atoms with van der Waals surface area (Å²) < 4.78 is 0. The predicted octanol–water partition coefficient (Wildman–Crippen LogP) is 2.71. The molecule has 2 aromatic carbocycles. The minimum Gasteiger partial charge on any atom is -0.397 e. The fraction of sp³-hybridized carbons (Fsp3) is 0.118. The molecule has 0 bridgehead atoms. The number of carbonyl (C=O) groups is 2. The van der Waals surface area contributed by atoms with Crippen LogP contribution in [0.1, 0.15) is 6.42 Å². The van der Waals surface area contributed by atoms with Gasteiger partial charge < -0.3 is 16.4 Å². The van der Waals surface area contributed by atoms with Gasteiger partial charge in [0.2, 0.25) is 5.91 Å². The zero-order valence-corrected chi connectivity index (χ0v) is 13.5. The number of aliphatic imine (C=N–C) groups is 1. The molecule has 2 aromatic rings. The number of para-hydroxylation sites is 3. The first-order chi connectivity index (χ1) is 11.6. The quantitative estimate of drug-likeness (QED) is 0.744. The van der Waals surface area contributed by atoms with Crippen molar-refractivity contribution < 1.29 is 9.59 Å². The molecule has 1 unspecified atom stereocenters. The Hall–Kier alpha value is -2.80. The molecule has 3 rings (SSSR count). The van der Waals surface area contributed by atoms with Gasteiger partial charge in [-0.05, 0) is 24.3 Å². The van der Waals surface area contributed by atoms with E-state index in [0.29, 0.717) is 16.5 Å². The number of thioether (sulfide) groups is 1. The fourth-order valence-corrected chi connectivity index (χ4v) is 3.17. The fourth-order valence-electron chi connectivity index (χ4n) is 2.20. The first kappa shape index (κ1) is 16.1. The molecule has 6 nitrogen and oxygen atoms in total.